The molecule has 0 spiro atoms. The van der Waals surface area contributed by atoms with E-state index in [4.69, 9.17) is 16.9 Å². The second-order valence-electron chi connectivity index (χ2n) is 5.78. The van der Waals surface area contributed by atoms with Crippen molar-refractivity contribution >= 4 is 34.4 Å². The highest BCUT2D eigenvalue weighted by Crippen LogP contribution is 2.29. The molecule has 3 aromatic rings. The Morgan fingerprint density at radius 3 is 2.76 bits per heavy atom. The van der Waals surface area contributed by atoms with Crippen molar-refractivity contribution in [2.45, 2.75) is 18.9 Å². The van der Waals surface area contributed by atoms with Crippen LogP contribution in [0.4, 0.5) is 17.2 Å². The van der Waals surface area contributed by atoms with Gasteiger partial charge in [-0.15, -0.1) is 5.10 Å². The molecule has 8 heteroatoms. The number of nitriles is 2. The Kier molecular flexibility index (Phi) is 3.64. The van der Waals surface area contributed by atoms with E-state index in [0.717, 1.165) is 18.5 Å². The van der Waals surface area contributed by atoms with Gasteiger partial charge in [0.15, 0.2) is 17.2 Å². The lowest BCUT2D eigenvalue weighted by Gasteiger charge is -2.11. The fraction of sp³-hybridized carbons (Fsp3) is 0.176. The van der Waals surface area contributed by atoms with Gasteiger partial charge in [-0.3, -0.25) is 0 Å². The Labute approximate surface area is 148 Å². The molecule has 0 aliphatic heterocycles. The van der Waals surface area contributed by atoms with Gasteiger partial charge in [0.25, 0.3) is 0 Å². The summed E-state index contributed by atoms with van der Waals surface area (Å²) in [5.74, 6) is 0.538. The molecule has 1 aliphatic carbocycles. The SMILES string of the molecule is N#Cc1cc(Nc2cc(NC3CC3)c3ncc(C#N)n3n2)ccc1Cl. The van der Waals surface area contributed by atoms with Crippen LogP contribution in [0.25, 0.3) is 5.65 Å². The average Bonchev–Trinajstić information content (AvgIpc) is 3.33. The summed E-state index contributed by atoms with van der Waals surface area (Å²) >= 11 is 5.97. The van der Waals surface area contributed by atoms with Crippen molar-refractivity contribution in [2.24, 2.45) is 0 Å². The zero-order valence-electron chi connectivity index (χ0n) is 13.0. The number of rotatable bonds is 4. The average molecular weight is 350 g/mol. The van der Waals surface area contributed by atoms with Gasteiger partial charge in [-0.25, -0.2) is 4.98 Å². The van der Waals surface area contributed by atoms with E-state index in [0.29, 0.717) is 39.5 Å². The second-order valence-corrected chi connectivity index (χ2v) is 6.19. The molecule has 0 radical (unpaired) electrons. The summed E-state index contributed by atoms with van der Waals surface area (Å²) in [6.07, 6.45) is 3.73. The molecule has 1 fully saturated rings. The fourth-order valence-corrected chi connectivity index (χ4v) is 2.66. The van der Waals surface area contributed by atoms with E-state index < -0.39 is 0 Å². The van der Waals surface area contributed by atoms with Crippen LogP contribution in [-0.2, 0) is 0 Å². The number of hydrogen-bond acceptors (Lipinski definition) is 6. The van der Waals surface area contributed by atoms with Crippen LogP contribution in [0.1, 0.15) is 24.1 Å². The number of nitrogens with zero attached hydrogens (tertiary/aromatic N) is 5. The number of fused-ring (bicyclic) bond motifs is 1. The summed E-state index contributed by atoms with van der Waals surface area (Å²) in [7, 11) is 0. The summed E-state index contributed by atoms with van der Waals surface area (Å²) in [5, 5.41) is 29.7. The lowest BCUT2D eigenvalue weighted by Crippen LogP contribution is -2.07. The summed E-state index contributed by atoms with van der Waals surface area (Å²) < 4.78 is 1.51. The highest BCUT2D eigenvalue weighted by atomic mass is 35.5. The third kappa shape index (κ3) is 2.93. The number of aromatic nitrogens is 3. The maximum absolute atomic E-state index is 9.25. The lowest BCUT2D eigenvalue weighted by atomic mass is 10.2. The largest absolute Gasteiger partial charge is 0.379 e. The molecule has 4 rings (SSSR count). The van der Waals surface area contributed by atoms with Gasteiger partial charge in [-0.2, -0.15) is 15.0 Å². The number of anilines is 3. The number of hydrogen-bond donors (Lipinski definition) is 2. The highest BCUT2D eigenvalue weighted by Gasteiger charge is 2.23. The van der Waals surface area contributed by atoms with E-state index >= 15 is 0 Å². The van der Waals surface area contributed by atoms with E-state index in [1.165, 1.54) is 10.7 Å². The van der Waals surface area contributed by atoms with Crippen LogP contribution < -0.4 is 10.6 Å². The summed E-state index contributed by atoms with van der Waals surface area (Å²) in [6.45, 7) is 0. The Bertz CT molecular complexity index is 1050. The van der Waals surface area contributed by atoms with Crippen LogP contribution in [0.5, 0.6) is 0 Å². The van der Waals surface area contributed by atoms with Gasteiger partial charge in [0.05, 0.1) is 22.5 Å². The monoisotopic (exact) mass is 349 g/mol. The predicted octanol–water partition coefficient (Wildman–Crippen LogP) is 3.44. The van der Waals surface area contributed by atoms with Gasteiger partial charge in [-0.05, 0) is 31.0 Å². The molecule has 2 aromatic heterocycles. The van der Waals surface area contributed by atoms with Crippen LogP contribution in [0.3, 0.4) is 0 Å². The molecule has 0 unspecified atom stereocenters. The Balaban J connectivity index is 1.76. The predicted molar refractivity (Wildman–Crippen MR) is 93.8 cm³/mol. The Hall–Kier alpha value is -3.29. The van der Waals surface area contributed by atoms with E-state index in [9.17, 15) is 5.26 Å². The van der Waals surface area contributed by atoms with Crippen LogP contribution in [0.15, 0.2) is 30.5 Å². The second kappa shape index (κ2) is 5.97. The van der Waals surface area contributed by atoms with Crippen molar-refractivity contribution in [2.75, 3.05) is 10.6 Å². The molecule has 0 atom stereocenters. The Morgan fingerprint density at radius 1 is 1.20 bits per heavy atom. The van der Waals surface area contributed by atoms with E-state index in [2.05, 4.69) is 26.8 Å². The first-order valence-corrected chi connectivity index (χ1v) is 8.08. The zero-order chi connectivity index (χ0) is 17.4. The molecule has 1 saturated carbocycles. The van der Waals surface area contributed by atoms with Gasteiger partial charge in [0.2, 0.25) is 0 Å². The minimum atomic E-state index is 0.353. The molecule has 1 aliphatic rings. The van der Waals surface area contributed by atoms with Gasteiger partial charge in [0, 0.05) is 17.8 Å². The summed E-state index contributed by atoms with van der Waals surface area (Å²) in [6, 6.07) is 11.5. The molecule has 2 N–H and O–H groups in total. The lowest BCUT2D eigenvalue weighted by molar-refractivity contribution is 0.924. The minimum absolute atomic E-state index is 0.353. The van der Waals surface area contributed by atoms with Crippen molar-refractivity contribution in [3.8, 4) is 12.1 Å². The number of halogens is 1. The summed E-state index contributed by atoms with van der Waals surface area (Å²) in [4.78, 5) is 4.28. The van der Waals surface area contributed by atoms with E-state index in [1.54, 1.807) is 18.2 Å². The molecule has 1 aromatic carbocycles. The van der Waals surface area contributed by atoms with E-state index in [1.807, 2.05) is 12.1 Å². The van der Waals surface area contributed by atoms with Crippen LogP contribution >= 0.6 is 11.6 Å². The molecule has 0 amide bonds. The smallest absolute Gasteiger partial charge is 0.178 e. The van der Waals surface area contributed by atoms with Crippen LogP contribution in [0.2, 0.25) is 5.02 Å². The van der Waals surface area contributed by atoms with Crippen LogP contribution in [-0.4, -0.2) is 20.6 Å². The van der Waals surface area contributed by atoms with Crippen LogP contribution in [0, 0.1) is 22.7 Å². The van der Waals surface area contributed by atoms with E-state index in [-0.39, 0.29) is 0 Å². The molecule has 7 nitrogen and oxygen atoms in total. The molecule has 2 heterocycles. The Morgan fingerprint density at radius 2 is 2.04 bits per heavy atom. The minimum Gasteiger partial charge on any atom is -0.379 e. The quantitative estimate of drug-likeness (QED) is 0.748. The third-order valence-corrected chi connectivity index (χ3v) is 4.21. The standard InChI is InChI=1S/C17H12ClN7/c18-14-4-3-12(5-10(14)7-19)23-16-6-15(22-11-1-2-11)17-21-9-13(8-20)25(17)24-16/h3-6,9,11,22H,1-2H2,(H,23,24). The first kappa shape index (κ1) is 15.3. The van der Waals surface area contributed by atoms with Gasteiger partial charge in [0.1, 0.15) is 12.1 Å². The van der Waals surface area contributed by atoms with Crippen molar-refractivity contribution in [3.05, 3.63) is 46.7 Å². The first-order chi connectivity index (χ1) is 12.2. The van der Waals surface area contributed by atoms with Crippen molar-refractivity contribution in [1.82, 2.24) is 14.6 Å². The molecule has 25 heavy (non-hydrogen) atoms. The summed E-state index contributed by atoms with van der Waals surface area (Å²) in [5.41, 5.74) is 2.85. The molecule has 0 bridgehead atoms. The molecule has 0 saturated heterocycles. The van der Waals surface area contributed by atoms with Crippen molar-refractivity contribution in [3.63, 3.8) is 0 Å². The number of benzene rings is 1. The topological polar surface area (TPSA) is 102 Å². The maximum Gasteiger partial charge on any atom is 0.178 e. The van der Waals surface area contributed by atoms with Gasteiger partial charge in [-0.1, -0.05) is 11.6 Å². The first-order valence-electron chi connectivity index (χ1n) is 7.70. The van der Waals surface area contributed by atoms with Crippen molar-refractivity contribution < 1.29 is 0 Å². The fourth-order valence-electron chi connectivity index (χ4n) is 2.50. The maximum atomic E-state index is 9.25. The highest BCUT2D eigenvalue weighted by molar-refractivity contribution is 6.31. The van der Waals surface area contributed by atoms with Gasteiger partial charge < -0.3 is 10.6 Å². The van der Waals surface area contributed by atoms with Gasteiger partial charge >= 0.3 is 0 Å². The zero-order valence-corrected chi connectivity index (χ0v) is 13.7. The number of nitrogens with one attached hydrogen (secondary N) is 2. The van der Waals surface area contributed by atoms with Crippen molar-refractivity contribution in [1.29, 1.82) is 10.5 Å². The molecular weight excluding hydrogens is 338 g/mol. The molecule has 122 valence electrons. The third-order valence-electron chi connectivity index (χ3n) is 3.88. The number of imidazole rings is 1. The molecular formula is C17H12ClN7. The normalized spacial score (nSPS) is 13.2.